The molecule has 1 aliphatic heterocycles. The lowest BCUT2D eigenvalue weighted by atomic mass is 10.2. The molecule has 1 N–H and O–H groups in total. The third-order valence-corrected chi connectivity index (χ3v) is 6.35. The fourth-order valence-electron chi connectivity index (χ4n) is 3.24. The molecular weight excluding hydrogens is 338 g/mol. The molecule has 2 rings (SSSR count). The Balaban J connectivity index is 2.02. The van der Waals surface area contributed by atoms with Gasteiger partial charge in [0.2, 0.25) is 0 Å². The van der Waals surface area contributed by atoms with Crippen molar-refractivity contribution in [3.63, 3.8) is 0 Å². The summed E-state index contributed by atoms with van der Waals surface area (Å²) in [4.78, 5) is 2.31. The smallest absolute Gasteiger partial charge is 0.279 e. The highest BCUT2D eigenvalue weighted by molar-refractivity contribution is 7.87. The number of hydrogen-bond donors (Lipinski definition) is 1. The largest absolute Gasteiger partial charge is 0.468 e. The Morgan fingerprint density at radius 3 is 2.36 bits per heavy atom. The monoisotopic (exact) mass is 371 g/mol. The van der Waals surface area contributed by atoms with E-state index < -0.39 is 10.2 Å². The zero-order valence-electron chi connectivity index (χ0n) is 15.6. The zero-order chi connectivity index (χ0) is 18.1. The molecule has 0 amide bonds. The van der Waals surface area contributed by atoms with Crippen molar-refractivity contribution >= 4 is 10.2 Å². The highest BCUT2D eigenvalue weighted by atomic mass is 32.2. The predicted octanol–water partition coefficient (Wildman–Crippen LogP) is 3.15. The number of furan rings is 1. The van der Waals surface area contributed by atoms with Crippen molar-refractivity contribution in [2.75, 3.05) is 32.7 Å². The van der Waals surface area contributed by atoms with E-state index in [0.29, 0.717) is 19.6 Å². The third-order valence-electron chi connectivity index (χ3n) is 4.77. The molecule has 1 aromatic rings. The molecule has 0 saturated carbocycles. The summed E-state index contributed by atoms with van der Waals surface area (Å²) in [5, 5.41) is 0. The maximum absolute atomic E-state index is 12.8. The topological polar surface area (TPSA) is 65.8 Å². The first-order valence-electron chi connectivity index (χ1n) is 9.60. The van der Waals surface area contributed by atoms with Gasteiger partial charge in [-0.2, -0.15) is 12.7 Å². The quantitative estimate of drug-likeness (QED) is 0.613. The van der Waals surface area contributed by atoms with E-state index in [2.05, 4.69) is 23.5 Å². The van der Waals surface area contributed by atoms with Gasteiger partial charge in [-0.1, -0.05) is 26.7 Å². The molecule has 144 valence electrons. The van der Waals surface area contributed by atoms with Gasteiger partial charge < -0.3 is 4.42 Å². The van der Waals surface area contributed by atoms with Gasteiger partial charge in [0.25, 0.3) is 10.2 Å². The summed E-state index contributed by atoms with van der Waals surface area (Å²) in [7, 11) is -3.47. The Hall–Kier alpha value is -0.890. The average Bonchev–Trinajstić information content (AvgIpc) is 3.29. The molecule has 7 heteroatoms. The van der Waals surface area contributed by atoms with E-state index >= 15 is 0 Å². The van der Waals surface area contributed by atoms with Gasteiger partial charge in [-0.25, -0.2) is 4.72 Å². The van der Waals surface area contributed by atoms with Gasteiger partial charge in [-0.15, -0.1) is 0 Å². The molecule has 1 fully saturated rings. The molecule has 1 atom stereocenters. The fourth-order valence-corrected chi connectivity index (χ4v) is 4.53. The van der Waals surface area contributed by atoms with Crippen LogP contribution in [0.15, 0.2) is 22.8 Å². The van der Waals surface area contributed by atoms with Crippen LogP contribution in [-0.4, -0.2) is 50.3 Å². The Morgan fingerprint density at radius 2 is 1.84 bits per heavy atom. The molecule has 1 unspecified atom stereocenters. The van der Waals surface area contributed by atoms with E-state index in [4.69, 9.17) is 4.42 Å². The zero-order valence-corrected chi connectivity index (χ0v) is 16.4. The lowest BCUT2D eigenvalue weighted by Crippen LogP contribution is -2.45. The van der Waals surface area contributed by atoms with Crippen LogP contribution in [0.25, 0.3) is 0 Å². The number of nitrogens with zero attached hydrogens (tertiary/aromatic N) is 2. The Bertz CT molecular complexity index is 560. The second-order valence-electron chi connectivity index (χ2n) is 6.73. The molecule has 0 radical (unpaired) electrons. The predicted molar refractivity (Wildman–Crippen MR) is 101 cm³/mol. The molecule has 1 saturated heterocycles. The minimum atomic E-state index is -3.47. The van der Waals surface area contributed by atoms with Crippen molar-refractivity contribution in [1.82, 2.24) is 13.9 Å². The SMILES string of the molecule is CCCCN(CCCC)S(=O)(=O)NCC(c1ccco1)N1CCCC1. The summed E-state index contributed by atoms with van der Waals surface area (Å²) in [6.45, 7) is 7.66. The second kappa shape index (κ2) is 10.3. The normalized spacial score (nSPS) is 17.4. The van der Waals surface area contributed by atoms with E-state index in [-0.39, 0.29) is 6.04 Å². The third kappa shape index (κ3) is 6.09. The van der Waals surface area contributed by atoms with Crippen LogP contribution in [0.4, 0.5) is 0 Å². The van der Waals surface area contributed by atoms with E-state index in [1.807, 2.05) is 12.1 Å². The Labute approximate surface area is 152 Å². The van der Waals surface area contributed by atoms with Gasteiger partial charge in [0.15, 0.2) is 0 Å². The van der Waals surface area contributed by atoms with Crippen molar-refractivity contribution in [2.24, 2.45) is 0 Å². The first-order chi connectivity index (χ1) is 12.1. The van der Waals surface area contributed by atoms with Crippen molar-refractivity contribution < 1.29 is 12.8 Å². The summed E-state index contributed by atoms with van der Waals surface area (Å²) in [5.74, 6) is 0.832. The van der Waals surface area contributed by atoms with Crippen LogP contribution in [0.5, 0.6) is 0 Å². The molecule has 6 nitrogen and oxygen atoms in total. The van der Waals surface area contributed by atoms with Crippen LogP contribution in [0.1, 0.15) is 64.2 Å². The van der Waals surface area contributed by atoms with E-state index in [1.54, 1.807) is 10.6 Å². The maximum atomic E-state index is 12.8. The number of likely N-dealkylation sites (tertiary alicyclic amines) is 1. The molecule has 2 heterocycles. The lowest BCUT2D eigenvalue weighted by molar-refractivity contribution is 0.215. The molecule has 1 aromatic heterocycles. The minimum Gasteiger partial charge on any atom is -0.468 e. The molecular formula is C18H33N3O3S. The molecule has 0 spiro atoms. The van der Waals surface area contributed by atoms with Gasteiger partial charge in [0, 0.05) is 19.6 Å². The second-order valence-corrected chi connectivity index (χ2v) is 8.49. The van der Waals surface area contributed by atoms with Gasteiger partial charge in [0.1, 0.15) is 5.76 Å². The standard InChI is InChI=1S/C18H33N3O3S/c1-3-5-13-21(14-6-4-2)25(22,23)19-16-17(18-10-9-15-24-18)20-11-7-8-12-20/h9-10,15,17,19H,3-8,11-14,16H2,1-2H3. The fraction of sp³-hybridized carbons (Fsp3) is 0.778. The summed E-state index contributed by atoms with van der Waals surface area (Å²) in [6, 6.07) is 3.76. The minimum absolute atomic E-state index is 0.0357. The molecule has 25 heavy (non-hydrogen) atoms. The maximum Gasteiger partial charge on any atom is 0.279 e. The summed E-state index contributed by atoms with van der Waals surface area (Å²) in [5.41, 5.74) is 0. The van der Waals surface area contributed by atoms with E-state index in [1.165, 1.54) is 0 Å². The van der Waals surface area contributed by atoms with E-state index in [0.717, 1.165) is 57.4 Å². The number of unbranched alkanes of at least 4 members (excludes halogenated alkanes) is 2. The molecule has 0 bridgehead atoms. The van der Waals surface area contributed by atoms with E-state index in [9.17, 15) is 8.42 Å². The first kappa shape index (κ1) is 20.4. The molecule has 0 aliphatic carbocycles. The van der Waals surface area contributed by atoms with Crippen LogP contribution in [0.3, 0.4) is 0 Å². The van der Waals surface area contributed by atoms with Crippen LogP contribution in [0, 0.1) is 0 Å². The van der Waals surface area contributed by atoms with Gasteiger partial charge in [-0.3, -0.25) is 4.90 Å². The molecule has 1 aliphatic rings. The summed E-state index contributed by atoms with van der Waals surface area (Å²) >= 11 is 0. The first-order valence-corrected chi connectivity index (χ1v) is 11.0. The highest BCUT2D eigenvalue weighted by Crippen LogP contribution is 2.25. The lowest BCUT2D eigenvalue weighted by Gasteiger charge is -2.28. The average molecular weight is 372 g/mol. The van der Waals surface area contributed by atoms with Crippen LogP contribution in [0.2, 0.25) is 0 Å². The van der Waals surface area contributed by atoms with Crippen molar-refractivity contribution in [3.8, 4) is 0 Å². The Kier molecular flexibility index (Phi) is 8.42. The van der Waals surface area contributed by atoms with Crippen molar-refractivity contribution in [3.05, 3.63) is 24.2 Å². The van der Waals surface area contributed by atoms with Gasteiger partial charge in [-0.05, 0) is 50.9 Å². The summed E-state index contributed by atoms with van der Waals surface area (Å²) < 4.78 is 35.6. The number of hydrogen-bond acceptors (Lipinski definition) is 4. The Morgan fingerprint density at radius 1 is 1.20 bits per heavy atom. The van der Waals surface area contributed by atoms with Gasteiger partial charge >= 0.3 is 0 Å². The number of rotatable bonds is 12. The highest BCUT2D eigenvalue weighted by Gasteiger charge is 2.28. The van der Waals surface area contributed by atoms with Gasteiger partial charge in [0.05, 0.1) is 12.3 Å². The molecule has 0 aromatic carbocycles. The van der Waals surface area contributed by atoms with Crippen LogP contribution in [-0.2, 0) is 10.2 Å². The van der Waals surface area contributed by atoms with Crippen LogP contribution >= 0.6 is 0 Å². The number of nitrogens with one attached hydrogen (secondary N) is 1. The van der Waals surface area contributed by atoms with Crippen molar-refractivity contribution in [2.45, 2.75) is 58.4 Å². The van der Waals surface area contributed by atoms with Crippen LogP contribution < -0.4 is 4.72 Å². The van der Waals surface area contributed by atoms with Crippen molar-refractivity contribution in [1.29, 1.82) is 0 Å². The summed E-state index contributed by atoms with van der Waals surface area (Å²) in [6.07, 6.45) is 7.71.